The molecule has 1 aliphatic heterocycles. The molecule has 126 valence electrons. The highest BCUT2D eigenvalue weighted by atomic mass is 19.1. The van der Waals surface area contributed by atoms with Crippen LogP contribution < -0.4 is 10.2 Å². The number of hydrogen-bond acceptors (Lipinski definition) is 3. The van der Waals surface area contributed by atoms with E-state index in [0.29, 0.717) is 25.9 Å². The third-order valence-electron chi connectivity index (χ3n) is 3.98. The van der Waals surface area contributed by atoms with E-state index in [1.807, 2.05) is 4.90 Å². The highest BCUT2D eigenvalue weighted by Crippen LogP contribution is 2.17. The lowest BCUT2D eigenvalue weighted by Gasteiger charge is -2.23. The van der Waals surface area contributed by atoms with Crippen LogP contribution >= 0.6 is 0 Å². The van der Waals surface area contributed by atoms with Crippen LogP contribution in [-0.2, 0) is 9.59 Å². The van der Waals surface area contributed by atoms with E-state index < -0.39 is 0 Å². The number of anilines is 1. The largest absolute Gasteiger partial charge is 0.370 e. The van der Waals surface area contributed by atoms with Crippen molar-refractivity contribution in [3.63, 3.8) is 0 Å². The molecule has 1 aromatic carbocycles. The summed E-state index contributed by atoms with van der Waals surface area (Å²) in [6.45, 7) is 5.05. The molecule has 0 aliphatic carbocycles. The van der Waals surface area contributed by atoms with Crippen molar-refractivity contribution >= 4 is 17.5 Å². The van der Waals surface area contributed by atoms with Gasteiger partial charge in [-0.3, -0.25) is 9.59 Å². The summed E-state index contributed by atoms with van der Waals surface area (Å²) in [7, 11) is 0. The zero-order valence-electron chi connectivity index (χ0n) is 13.6. The van der Waals surface area contributed by atoms with Gasteiger partial charge in [-0.2, -0.15) is 0 Å². The van der Waals surface area contributed by atoms with Gasteiger partial charge in [0.1, 0.15) is 5.82 Å². The van der Waals surface area contributed by atoms with Crippen LogP contribution in [0, 0.1) is 5.82 Å². The van der Waals surface area contributed by atoms with Crippen LogP contribution in [0.2, 0.25) is 0 Å². The summed E-state index contributed by atoms with van der Waals surface area (Å²) in [5, 5.41) is 2.70. The van der Waals surface area contributed by atoms with Gasteiger partial charge in [-0.25, -0.2) is 4.39 Å². The second-order valence-corrected chi connectivity index (χ2v) is 5.78. The number of nitrogens with zero attached hydrogens (tertiary/aromatic N) is 2. The summed E-state index contributed by atoms with van der Waals surface area (Å²) in [6, 6.07) is 6.48. The second-order valence-electron chi connectivity index (χ2n) is 5.78. The lowest BCUT2D eigenvalue weighted by molar-refractivity contribution is -0.131. The highest BCUT2D eigenvalue weighted by Gasteiger charge is 2.19. The van der Waals surface area contributed by atoms with Gasteiger partial charge in [0, 0.05) is 51.8 Å². The monoisotopic (exact) mass is 321 g/mol. The molecule has 1 aromatic rings. The van der Waals surface area contributed by atoms with E-state index in [1.54, 1.807) is 12.1 Å². The predicted molar refractivity (Wildman–Crippen MR) is 87.7 cm³/mol. The average Bonchev–Trinajstić information content (AvgIpc) is 2.78. The highest BCUT2D eigenvalue weighted by molar-refractivity contribution is 5.76. The molecule has 5 nitrogen and oxygen atoms in total. The Labute approximate surface area is 136 Å². The summed E-state index contributed by atoms with van der Waals surface area (Å²) < 4.78 is 13.0. The summed E-state index contributed by atoms with van der Waals surface area (Å²) >= 11 is 0. The minimum absolute atomic E-state index is 0.0674. The topological polar surface area (TPSA) is 52.7 Å². The van der Waals surface area contributed by atoms with Gasteiger partial charge >= 0.3 is 0 Å². The van der Waals surface area contributed by atoms with E-state index in [0.717, 1.165) is 31.7 Å². The van der Waals surface area contributed by atoms with Crippen molar-refractivity contribution in [3.8, 4) is 0 Å². The van der Waals surface area contributed by atoms with Crippen LogP contribution in [0.5, 0.6) is 0 Å². The van der Waals surface area contributed by atoms with Crippen molar-refractivity contribution < 1.29 is 14.0 Å². The molecule has 1 saturated heterocycles. The smallest absolute Gasteiger partial charge is 0.222 e. The Bertz CT molecular complexity index is 533. The summed E-state index contributed by atoms with van der Waals surface area (Å²) in [6.07, 6.45) is 2.02. The maximum absolute atomic E-state index is 13.0. The molecular formula is C17H24FN3O2. The number of hydrogen-bond donors (Lipinski definition) is 1. The van der Waals surface area contributed by atoms with E-state index in [4.69, 9.17) is 0 Å². The molecule has 1 aliphatic rings. The third kappa shape index (κ3) is 5.54. The molecule has 0 radical (unpaired) electrons. The summed E-state index contributed by atoms with van der Waals surface area (Å²) in [4.78, 5) is 27.1. The second kappa shape index (κ2) is 8.50. The molecule has 0 unspecified atom stereocenters. The normalized spacial score (nSPS) is 15.2. The number of rotatable bonds is 5. The van der Waals surface area contributed by atoms with Crippen molar-refractivity contribution in [2.45, 2.75) is 26.2 Å². The van der Waals surface area contributed by atoms with Crippen LogP contribution in [0.4, 0.5) is 10.1 Å². The molecule has 2 amide bonds. The number of carbonyl (C=O) groups is 2. The van der Waals surface area contributed by atoms with Crippen molar-refractivity contribution in [2.24, 2.45) is 0 Å². The third-order valence-corrected chi connectivity index (χ3v) is 3.98. The van der Waals surface area contributed by atoms with Crippen LogP contribution in [0.1, 0.15) is 26.2 Å². The van der Waals surface area contributed by atoms with Gasteiger partial charge in [-0.05, 0) is 37.1 Å². The number of benzene rings is 1. The molecule has 0 spiro atoms. The van der Waals surface area contributed by atoms with E-state index in [1.165, 1.54) is 19.1 Å². The van der Waals surface area contributed by atoms with E-state index in [-0.39, 0.29) is 17.6 Å². The molecule has 0 saturated carbocycles. The summed E-state index contributed by atoms with van der Waals surface area (Å²) in [5.74, 6) is -0.169. The predicted octanol–water partition coefficient (Wildman–Crippen LogP) is 1.78. The van der Waals surface area contributed by atoms with Crippen LogP contribution in [-0.4, -0.2) is 49.4 Å². The Balaban J connectivity index is 1.79. The first kappa shape index (κ1) is 17.2. The Morgan fingerprint density at radius 2 is 1.87 bits per heavy atom. The van der Waals surface area contributed by atoms with Crippen LogP contribution in [0.3, 0.4) is 0 Å². The first-order valence-corrected chi connectivity index (χ1v) is 8.09. The zero-order chi connectivity index (χ0) is 16.7. The van der Waals surface area contributed by atoms with Crippen molar-refractivity contribution in [3.05, 3.63) is 30.1 Å². The average molecular weight is 321 g/mol. The van der Waals surface area contributed by atoms with Gasteiger partial charge in [0.2, 0.25) is 11.8 Å². The lowest BCUT2D eigenvalue weighted by atomic mass is 10.2. The molecular weight excluding hydrogens is 297 g/mol. The molecule has 6 heteroatoms. The van der Waals surface area contributed by atoms with Gasteiger partial charge in [0.05, 0.1) is 0 Å². The minimum Gasteiger partial charge on any atom is -0.370 e. The van der Waals surface area contributed by atoms with Crippen LogP contribution in [0.15, 0.2) is 24.3 Å². The fourth-order valence-electron chi connectivity index (χ4n) is 2.74. The molecule has 1 heterocycles. The molecule has 0 atom stereocenters. The molecule has 2 rings (SSSR count). The van der Waals surface area contributed by atoms with Gasteiger partial charge in [0.15, 0.2) is 0 Å². The zero-order valence-corrected chi connectivity index (χ0v) is 13.6. The van der Waals surface area contributed by atoms with Crippen LogP contribution in [0.25, 0.3) is 0 Å². The van der Waals surface area contributed by atoms with Gasteiger partial charge < -0.3 is 15.1 Å². The Hall–Kier alpha value is -2.11. The van der Waals surface area contributed by atoms with E-state index >= 15 is 0 Å². The van der Waals surface area contributed by atoms with E-state index in [2.05, 4.69) is 10.2 Å². The molecule has 23 heavy (non-hydrogen) atoms. The van der Waals surface area contributed by atoms with Gasteiger partial charge in [-0.15, -0.1) is 0 Å². The number of carbonyl (C=O) groups excluding carboxylic acids is 2. The summed E-state index contributed by atoms with van der Waals surface area (Å²) in [5.41, 5.74) is 0.992. The maximum Gasteiger partial charge on any atom is 0.222 e. The first-order chi connectivity index (χ1) is 11.1. The fraction of sp³-hybridized carbons (Fsp3) is 0.529. The number of halogens is 1. The fourth-order valence-corrected chi connectivity index (χ4v) is 2.74. The standard InChI is InChI=1S/C17H24FN3O2/c1-14(22)19-9-2-4-17(23)21-11-3-10-20(12-13-21)16-7-5-15(18)6-8-16/h5-8H,2-4,9-13H2,1H3,(H,19,22). The number of amides is 2. The molecule has 0 aromatic heterocycles. The Kier molecular flexibility index (Phi) is 6.38. The minimum atomic E-state index is -0.237. The van der Waals surface area contributed by atoms with E-state index in [9.17, 15) is 14.0 Å². The Morgan fingerprint density at radius 3 is 2.57 bits per heavy atom. The molecule has 0 bridgehead atoms. The maximum atomic E-state index is 13.0. The molecule has 1 fully saturated rings. The number of nitrogens with one attached hydrogen (secondary N) is 1. The molecule has 1 N–H and O–H groups in total. The quantitative estimate of drug-likeness (QED) is 0.841. The first-order valence-electron chi connectivity index (χ1n) is 8.09. The van der Waals surface area contributed by atoms with Gasteiger partial charge in [0.25, 0.3) is 0 Å². The Morgan fingerprint density at radius 1 is 1.13 bits per heavy atom. The van der Waals surface area contributed by atoms with Crippen molar-refractivity contribution in [2.75, 3.05) is 37.6 Å². The SMILES string of the molecule is CC(=O)NCCCC(=O)N1CCCN(c2ccc(F)cc2)CC1. The lowest BCUT2D eigenvalue weighted by Crippen LogP contribution is -2.35. The van der Waals surface area contributed by atoms with Gasteiger partial charge in [-0.1, -0.05) is 0 Å². The van der Waals surface area contributed by atoms with Crippen molar-refractivity contribution in [1.82, 2.24) is 10.2 Å². The van der Waals surface area contributed by atoms with Crippen molar-refractivity contribution in [1.29, 1.82) is 0 Å².